The number of aromatic nitrogens is 2. The predicted octanol–water partition coefficient (Wildman–Crippen LogP) is 2.13. The second kappa shape index (κ2) is 5.01. The molecule has 1 aromatic carbocycles. The third kappa shape index (κ3) is 2.75. The number of benzene rings is 1. The van der Waals surface area contributed by atoms with Crippen molar-refractivity contribution in [3.05, 3.63) is 47.8 Å². The number of hydrogen-bond acceptors (Lipinski definition) is 4. The fourth-order valence-corrected chi connectivity index (χ4v) is 1.38. The smallest absolute Gasteiger partial charge is 0.227 e. The fourth-order valence-electron chi connectivity index (χ4n) is 1.27. The third-order valence-corrected chi connectivity index (χ3v) is 2.29. The van der Waals surface area contributed by atoms with Gasteiger partial charge in [-0.2, -0.15) is 0 Å². The van der Waals surface area contributed by atoms with Gasteiger partial charge < -0.3 is 11.1 Å². The Morgan fingerprint density at radius 3 is 2.72 bits per heavy atom. The summed E-state index contributed by atoms with van der Waals surface area (Å²) in [5, 5.41) is 2.62. The summed E-state index contributed by atoms with van der Waals surface area (Å²) in [7, 11) is 0. The van der Waals surface area contributed by atoms with E-state index in [0.29, 0.717) is 5.69 Å². The predicted molar refractivity (Wildman–Crippen MR) is 67.6 cm³/mol. The highest BCUT2D eigenvalue weighted by Crippen LogP contribution is 2.18. The molecular weight excluding hydrogens is 258 g/mol. The Balaban J connectivity index is 2.28. The van der Waals surface area contributed by atoms with E-state index in [9.17, 15) is 8.78 Å². The first-order valence-electron chi connectivity index (χ1n) is 4.91. The van der Waals surface area contributed by atoms with E-state index in [1.54, 1.807) is 0 Å². The number of nitrogens with one attached hydrogen (secondary N) is 1. The molecule has 7 heteroatoms. The van der Waals surface area contributed by atoms with Crippen LogP contribution in [0, 0.1) is 11.6 Å². The van der Waals surface area contributed by atoms with E-state index in [4.69, 9.17) is 18.0 Å². The molecule has 0 saturated heterocycles. The summed E-state index contributed by atoms with van der Waals surface area (Å²) in [6.45, 7) is 0. The standard InChI is InChI=1S/C11H8F2N4S/c12-6-1-2-8(7(13)5-6)16-11-15-4-3-9(17-11)10(14)18/h1-5H,(H2,14,18)(H,15,16,17). The molecule has 0 fully saturated rings. The number of halogens is 2. The zero-order valence-electron chi connectivity index (χ0n) is 9.02. The average molecular weight is 266 g/mol. The molecule has 92 valence electrons. The van der Waals surface area contributed by atoms with Crippen LogP contribution in [0.5, 0.6) is 0 Å². The van der Waals surface area contributed by atoms with Gasteiger partial charge in [-0.25, -0.2) is 18.7 Å². The van der Waals surface area contributed by atoms with Crippen LogP contribution in [-0.2, 0) is 0 Å². The minimum absolute atomic E-state index is 0.0662. The van der Waals surface area contributed by atoms with Gasteiger partial charge >= 0.3 is 0 Å². The topological polar surface area (TPSA) is 63.8 Å². The maximum Gasteiger partial charge on any atom is 0.227 e. The SMILES string of the molecule is NC(=S)c1ccnc(Nc2ccc(F)cc2F)n1. The Hall–Kier alpha value is -2.15. The Morgan fingerprint density at radius 1 is 1.28 bits per heavy atom. The summed E-state index contributed by atoms with van der Waals surface area (Å²) in [6, 6.07) is 4.68. The lowest BCUT2D eigenvalue weighted by atomic mass is 10.3. The summed E-state index contributed by atoms with van der Waals surface area (Å²) in [5.74, 6) is -1.26. The number of rotatable bonds is 3. The van der Waals surface area contributed by atoms with Gasteiger partial charge in [0.25, 0.3) is 0 Å². The summed E-state index contributed by atoms with van der Waals surface area (Å²) in [5.41, 5.74) is 5.85. The van der Waals surface area contributed by atoms with E-state index in [1.807, 2.05) is 0 Å². The van der Waals surface area contributed by atoms with Crippen LogP contribution in [0.4, 0.5) is 20.4 Å². The molecule has 0 amide bonds. The summed E-state index contributed by atoms with van der Waals surface area (Å²) in [4.78, 5) is 7.98. The fraction of sp³-hybridized carbons (Fsp3) is 0. The Labute approximate surface area is 107 Å². The minimum Gasteiger partial charge on any atom is -0.388 e. The van der Waals surface area contributed by atoms with E-state index < -0.39 is 11.6 Å². The number of anilines is 2. The highest BCUT2D eigenvalue weighted by Gasteiger charge is 2.06. The van der Waals surface area contributed by atoms with Gasteiger partial charge in [0.2, 0.25) is 5.95 Å². The number of hydrogen-bond donors (Lipinski definition) is 2. The average Bonchev–Trinajstić information content (AvgIpc) is 2.33. The van der Waals surface area contributed by atoms with Crippen molar-refractivity contribution in [1.29, 1.82) is 0 Å². The van der Waals surface area contributed by atoms with Crippen LogP contribution >= 0.6 is 12.2 Å². The van der Waals surface area contributed by atoms with Crippen molar-refractivity contribution < 1.29 is 8.78 Å². The Kier molecular flexibility index (Phi) is 3.42. The highest BCUT2D eigenvalue weighted by molar-refractivity contribution is 7.80. The van der Waals surface area contributed by atoms with E-state index in [2.05, 4.69) is 15.3 Å². The van der Waals surface area contributed by atoms with Crippen LogP contribution < -0.4 is 11.1 Å². The van der Waals surface area contributed by atoms with Crippen molar-refractivity contribution in [3.8, 4) is 0 Å². The zero-order valence-corrected chi connectivity index (χ0v) is 9.84. The maximum absolute atomic E-state index is 13.4. The lowest BCUT2D eigenvalue weighted by Crippen LogP contribution is -2.13. The first-order chi connectivity index (χ1) is 8.56. The van der Waals surface area contributed by atoms with Crippen LogP contribution in [0.15, 0.2) is 30.5 Å². The van der Waals surface area contributed by atoms with Crippen LogP contribution in [-0.4, -0.2) is 15.0 Å². The van der Waals surface area contributed by atoms with E-state index in [1.165, 1.54) is 18.3 Å². The van der Waals surface area contributed by atoms with Gasteiger partial charge in [0, 0.05) is 12.3 Å². The van der Waals surface area contributed by atoms with Crippen molar-refractivity contribution in [1.82, 2.24) is 9.97 Å². The van der Waals surface area contributed by atoms with Crippen LogP contribution in [0.3, 0.4) is 0 Å². The van der Waals surface area contributed by atoms with Crippen LogP contribution in [0.1, 0.15) is 5.69 Å². The highest BCUT2D eigenvalue weighted by atomic mass is 32.1. The maximum atomic E-state index is 13.4. The van der Waals surface area contributed by atoms with Gasteiger partial charge in [0.05, 0.1) is 5.69 Å². The molecule has 0 aliphatic heterocycles. The summed E-state index contributed by atoms with van der Waals surface area (Å²) >= 11 is 4.77. The van der Waals surface area contributed by atoms with Gasteiger partial charge in [-0.05, 0) is 18.2 Å². The molecule has 3 N–H and O–H groups in total. The first-order valence-corrected chi connectivity index (χ1v) is 5.32. The minimum atomic E-state index is -0.737. The molecule has 0 aliphatic rings. The molecular formula is C11H8F2N4S. The lowest BCUT2D eigenvalue weighted by Gasteiger charge is -2.06. The van der Waals surface area contributed by atoms with Crippen molar-refractivity contribution in [2.45, 2.75) is 0 Å². The Bertz CT molecular complexity index is 603. The normalized spacial score (nSPS) is 10.1. The lowest BCUT2D eigenvalue weighted by molar-refractivity contribution is 0.586. The van der Waals surface area contributed by atoms with Crippen molar-refractivity contribution in [2.24, 2.45) is 5.73 Å². The molecule has 0 saturated carbocycles. The van der Waals surface area contributed by atoms with Gasteiger partial charge in [-0.1, -0.05) is 12.2 Å². The molecule has 0 radical (unpaired) electrons. The summed E-state index contributed by atoms with van der Waals surface area (Å²) in [6.07, 6.45) is 1.44. The van der Waals surface area contributed by atoms with Gasteiger partial charge in [0.15, 0.2) is 0 Å². The second-order valence-electron chi connectivity index (χ2n) is 3.38. The number of nitrogens with zero attached hydrogens (tertiary/aromatic N) is 2. The second-order valence-corrected chi connectivity index (χ2v) is 3.82. The molecule has 1 aromatic heterocycles. The first kappa shape index (κ1) is 12.3. The van der Waals surface area contributed by atoms with Crippen LogP contribution in [0.25, 0.3) is 0 Å². The molecule has 0 spiro atoms. The van der Waals surface area contributed by atoms with E-state index in [0.717, 1.165) is 12.1 Å². The van der Waals surface area contributed by atoms with Crippen molar-refractivity contribution >= 4 is 28.8 Å². The van der Waals surface area contributed by atoms with E-state index >= 15 is 0 Å². The third-order valence-electron chi connectivity index (χ3n) is 2.09. The molecule has 0 unspecified atom stereocenters. The van der Waals surface area contributed by atoms with Gasteiger partial charge in [-0.3, -0.25) is 0 Å². The van der Waals surface area contributed by atoms with Gasteiger partial charge in [-0.15, -0.1) is 0 Å². The molecule has 1 heterocycles. The monoisotopic (exact) mass is 266 g/mol. The molecule has 18 heavy (non-hydrogen) atoms. The largest absolute Gasteiger partial charge is 0.388 e. The van der Waals surface area contributed by atoms with Crippen LogP contribution in [0.2, 0.25) is 0 Å². The van der Waals surface area contributed by atoms with Crippen molar-refractivity contribution in [3.63, 3.8) is 0 Å². The Morgan fingerprint density at radius 2 is 2.06 bits per heavy atom. The molecule has 4 nitrogen and oxygen atoms in total. The molecule has 0 bridgehead atoms. The quantitative estimate of drug-likeness (QED) is 0.833. The van der Waals surface area contributed by atoms with Gasteiger partial charge in [0.1, 0.15) is 22.3 Å². The molecule has 2 rings (SSSR count). The molecule has 0 atom stereocenters. The zero-order chi connectivity index (χ0) is 13.1. The molecule has 2 aromatic rings. The number of thiocarbonyl (C=S) groups is 1. The number of nitrogens with two attached hydrogens (primary N) is 1. The van der Waals surface area contributed by atoms with E-state index in [-0.39, 0.29) is 16.6 Å². The summed E-state index contributed by atoms with van der Waals surface area (Å²) < 4.78 is 26.1. The van der Waals surface area contributed by atoms with Crippen molar-refractivity contribution in [2.75, 3.05) is 5.32 Å². The molecule has 0 aliphatic carbocycles.